The van der Waals surface area contributed by atoms with E-state index in [9.17, 15) is 0 Å². The standard InChI is InChI=1S/C15H24BrN3/c1-4-18-7-8-19(11-12(18)2)15-6-5-14(16)9-13(15)10-17-3/h5-6,9,12,17H,4,7-8,10-11H2,1-3H3. The molecule has 1 heterocycles. The van der Waals surface area contributed by atoms with Gasteiger partial charge in [0, 0.05) is 42.4 Å². The third-order valence-electron chi connectivity index (χ3n) is 3.92. The molecule has 0 spiro atoms. The zero-order valence-electron chi connectivity index (χ0n) is 12.1. The van der Waals surface area contributed by atoms with Crippen LogP contribution in [0.2, 0.25) is 0 Å². The third-order valence-corrected chi connectivity index (χ3v) is 4.41. The number of likely N-dealkylation sites (N-methyl/N-ethyl adjacent to an activating group) is 1. The molecule has 0 saturated carbocycles. The second-order valence-electron chi connectivity index (χ2n) is 5.23. The quantitative estimate of drug-likeness (QED) is 0.918. The summed E-state index contributed by atoms with van der Waals surface area (Å²) in [6, 6.07) is 7.24. The van der Waals surface area contributed by atoms with Crippen molar-refractivity contribution in [2.45, 2.75) is 26.4 Å². The van der Waals surface area contributed by atoms with Crippen molar-refractivity contribution in [3.8, 4) is 0 Å². The van der Waals surface area contributed by atoms with Crippen LogP contribution in [0.4, 0.5) is 5.69 Å². The first-order valence-electron chi connectivity index (χ1n) is 7.07. The van der Waals surface area contributed by atoms with Crippen molar-refractivity contribution in [2.75, 3.05) is 38.1 Å². The average molecular weight is 326 g/mol. The minimum atomic E-state index is 0.629. The number of anilines is 1. The normalized spacial score (nSPS) is 20.8. The summed E-state index contributed by atoms with van der Waals surface area (Å²) in [4.78, 5) is 5.07. The number of nitrogens with zero attached hydrogens (tertiary/aromatic N) is 2. The Hall–Kier alpha value is -0.580. The van der Waals surface area contributed by atoms with Crippen molar-refractivity contribution in [3.05, 3.63) is 28.2 Å². The van der Waals surface area contributed by atoms with Crippen LogP contribution in [-0.2, 0) is 6.54 Å². The van der Waals surface area contributed by atoms with Gasteiger partial charge in [-0.2, -0.15) is 0 Å². The Morgan fingerprint density at radius 1 is 1.37 bits per heavy atom. The van der Waals surface area contributed by atoms with Crippen LogP contribution in [0.3, 0.4) is 0 Å². The summed E-state index contributed by atoms with van der Waals surface area (Å²) < 4.78 is 1.15. The van der Waals surface area contributed by atoms with Gasteiger partial charge in [-0.25, -0.2) is 0 Å². The van der Waals surface area contributed by atoms with Crippen molar-refractivity contribution in [1.82, 2.24) is 10.2 Å². The van der Waals surface area contributed by atoms with Crippen molar-refractivity contribution in [1.29, 1.82) is 0 Å². The topological polar surface area (TPSA) is 18.5 Å². The Morgan fingerprint density at radius 3 is 2.79 bits per heavy atom. The highest BCUT2D eigenvalue weighted by Crippen LogP contribution is 2.26. The van der Waals surface area contributed by atoms with E-state index in [-0.39, 0.29) is 0 Å². The van der Waals surface area contributed by atoms with Crippen LogP contribution in [0.5, 0.6) is 0 Å². The van der Waals surface area contributed by atoms with E-state index in [0.29, 0.717) is 6.04 Å². The highest BCUT2D eigenvalue weighted by atomic mass is 79.9. The molecule has 1 atom stereocenters. The lowest BCUT2D eigenvalue weighted by Gasteiger charge is -2.41. The van der Waals surface area contributed by atoms with E-state index in [2.05, 4.69) is 63.1 Å². The molecule has 19 heavy (non-hydrogen) atoms. The monoisotopic (exact) mass is 325 g/mol. The fourth-order valence-electron chi connectivity index (χ4n) is 2.88. The maximum Gasteiger partial charge on any atom is 0.0413 e. The summed E-state index contributed by atoms with van der Waals surface area (Å²) in [5, 5.41) is 3.26. The maximum absolute atomic E-state index is 3.57. The number of nitrogens with one attached hydrogen (secondary N) is 1. The van der Waals surface area contributed by atoms with E-state index in [4.69, 9.17) is 0 Å². The Morgan fingerprint density at radius 2 is 2.16 bits per heavy atom. The van der Waals surface area contributed by atoms with E-state index in [0.717, 1.165) is 37.2 Å². The fourth-order valence-corrected chi connectivity index (χ4v) is 3.29. The average Bonchev–Trinajstić information content (AvgIpc) is 2.39. The van der Waals surface area contributed by atoms with Crippen LogP contribution in [0.1, 0.15) is 19.4 Å². The molecule has 1 unspecified atom stereocenters. The highest BCUT2D eigenvalue weighted by Gasteiger charge is 2.23. The summed E-state index contributed by atoms with van der Waals surface area (Å²) >= 11 is 3.57. The third kappa shape index (κ3) is 3.50. The second kappa shape index (κ2) is 6.73. The summed E-state index contributed by atoms with van der Waals surface area (Å²) in [5.41, 5.74) is 2.74. The van der Waals surface area contributed by atoms with Gasteiger partial charge in [0.05, 0.1) is 0 Å². The van der Waals surface area contributed by atoms with Crippen LogP contribution in [0.25, 0.3) is 0 Å². The minimum Gasteiger partial charge on any atom is -0.368 e. The van der Waals surface area contributed by atoms with Gasteiger partial charge in [-0.05, 0) is 44.3 Å². The van der Waals surface area contributed by atoms with Gasteiger partial charge in [0.1, 0.15) is 0 Å². The van der Waals surface area contributed by atoms with Crippen LogP contribution in [0.15, 0.2) is 22.7 Å². The van der Waals surface area contributed by atoms with E-state index in [1.54, 1.807) is 0 Å². The van der Waals surface area contributed by atoms with Crippen molar-refractivity contribution in [3.63, 3.8) is 0 Å². The summed E-state index contributed by atoms with van der Waals surface area (Å²) in [5.74, 6) is 0. The van der Waals surface area contributed by atoms with Crippen LogP contribution in [0, 0.1) is 0 Å². The zero-order valence-corrected chi connectivity index (χ0v) is 13.7. The maximum atomic E-state index is 3.57. The predicted molar refractivity (Wildman–Crippen MR) is 85.8 cm³/mol. The first-order valence-corrected chi connectivity index (χ1v) is 7.87. The number of halogens is 1. The van der Waals surface area contributed by atoms with Gasteiger partial charge < -0.3 is 10.2 Å². The van der Waals surface area contributed by atoms with E-state index in [1.165, 1.54) is 11.3 Å². The number of hydrogen-bond donors (Lipinski definition) is 1. The molecule has 1 N–H and O–H groups in total. The molecular formula is C15H24BrN3. The molecule has 0 aliphatic carbocycles. The summed E-state index contributed by atoms with van der Waals surface area (Å²) in [6.07, 6.45) is 0. The summed E-state index contributed by atoms with van der Waals surface area (Å²) in [6.45, 7) is 10.0. The lowest BCUT2D eigenvalue weighted by Crippen LogP contribution is -2.52. The van der Waals surface area contributed by atoms with E-state index in [1.807, 2.05) is 7.05 Å². The van der Waals surface area contributed by atoms with Gasteiger partial charge in [-0.1, -0.05) is 22.9 Å². The zero-order chi connectivity index (χ0) is 13.8. The SMILES string of the molecule is CCN1CCN(c2ccc(Br)cc2CNC)CC1C. The molecule has 0 radical (unpaired) electrons. The largest absolute Gasteiger partial charge is 0.368 e. The molecular weight excluding hydrogens is 302 g/mol. The molecule has 0 amide bonds. The Balaban J connectivity index is 2.18. The minimum absolute atomic E-state index is 0.629. The molecule has 1 aliphatic heterocycles. The lowest BCUT2D eigenvalue weighted by molar-refractivity contribution is 0.199. The first kappa shape index (κ1) is 14.8. The molecule has 1 aromatic rings. The van der Waals surface area contributed by atoms with Gasteiger partial charge in [-0.3, -0.25) is 4.90 Å². The van der Waals surface area contributed by atoms with Crippen LogP contribution in [-0.4, -0.2) is 44.2 Å². The van der Waals surface area contributed by atoms with E-state index < -0.39 is 0 Å². The summed E-state index contributed by atoms with van der Waals surface area (Å²) in [7, 11) is 2.00. The molecule has 1 aromatic carbocycles. The molecule has 106 valence electrons. The number of piperazine rings is 1. The second-order valence-corrected chi connectivity index (χ2v) is 6.14. The van der Waals surface area contributed by atoms with Crippen LogP contribution < -0.4 is 10.2 Å². The molecule has 2 rings (SSSR count). The van der Waals surface area contributed by atoms with Gasteiger partial charge in [0.2, 0.25) is 0 Å². The predicted octanol–water partition coefficient (Wildman–Crippen LogP) is 2.70. The fraction of sp³-hybridized carbons (Fsp3) is 0.600. The molecule has 1 saturated heterocycles. The number of hydrogen-bond acceptors (Lipinski definition) is 3. The number of rotatable bonds is 4. The molecule has 3 nitrogen and oxygen atoms in total. The van der Waals surface area contributed by atoms with Crippen molar-refractivity contribution in [2.24, 2.45) is 0 Å². The van der Waals surface area contributed by atoms with Crippen molar-refractivity contribution >= 4 is 21.6 Å². The molecule has 1 aliphatic rings. The van der Waals surface area contributed by atoms with Gasteiger partial charge >= 0.3 is 0 Å². The van der Waals surface area contributed by atoms with Crippen LogP contribution >= 0.6 is 15.9 Å². The molecule has 4 heteroatoms. The first-order chi connectivity index (χ1) is 9.15. The Bertz CT molecular complexity index is 422. The lowest BCUT2D eigenvalue weighted by atomic mass is 10.1. The van der Waals surface area contributed by atoms with Crippen molar-refractivity contribution < 1.29 is 0 Å². The highest BCUT2D eigenvalue weighted by molar-refractivity contribution is 9.10. The Kier molecular flexibility index (Phi) is 5.25. The van der Waals surface area contributed by atoms with E-state index >= 15 is 0 Å². The van der Waals surface area contributed by atoms with Gasteiger partial charge in [0.15, 0.2) is 0 Å². The molecule has 0 aromatic heterocycles. The molecule has 1 fully saturated rings. The van der Waals surface area contributed by atoms with Gasteiger partial charge in [-0.15, -0.1) is 0 Å². The Labute approximate surface area is 125 Å². The number of benzene rings is 1. The van der Waals surface area contributed by atoms with Gasteiger partial charge in [0.25, 0.3) is 0 Å². The smallest absolute Gasteiger partial charge is 0.0413 e. The molecule has 0 bridgehead atoms.